The minimum Gasteiger partial charge on any atom is -0.343 e. The molecular weight excluding hydrogens is 332 g/mol. The fraction of sp³-hybridized carbons (Fsp3) is 0.0714. The predicted molar refractivity (Wildman–Crippen MR) is 81.6 cm³/mol. The zero-order valence-corrected chi connectivity index (χ0v) is 12.6. The molecule has 2 N–H and O–H groups in total. The summed E-state index contributed by atoms with van der Waals surface area (Å²) in [6, 6.07) is 6.95. The Labute approximate surface area is 135 Å². The van der Waals surface area contributed by atoms with Gasteiger partial charge in [-0.3, -0.25) is 9.59 Å². The van der Waals surface area contributed by atoms with E-state index in [-0.39, 0.29) is 17.1 Å². The summed E-state index contributed by atoms with van der Waals surface area (Å²) in [5, 5.41) is 5.06. The van der Waals surface area contributed by atoms with Gasteiger partial charge in [0.05, 0.1) is 29.0 Å². The van der Waals surface area contributed by atoms with Gasteiger partial charge in [0, 0.05) is 0 Å². The number of hydrogen-bond donors (Lipinski definition) is 2. The number of anilines is 1. The largest absolute Gasteiger partial charge is 0.343 e. The third-order valence-corrected chi connectivity index (χ3v) is 3.15. The Morgan fingerprint density at radius 1 is 1.18 bits per heavy atom. The Morgan fingerprint density at radius 2 is 1.95 bits per heavy atom. The van der Waals surface area contributed by atoms with Crippen molar-refractivity contribution in [3.63, 3.8) is 0 Å². The van der Waals surface area contributed by atoms with Gasteiger partial charge in [0.2, 0.25) is 5.91 Å². The molecule has 0 aliphatic carbocycles. The molecule has 0 radical (unpaired) electrons. The first-order valence-electron chi connectivity index (χ1n) is 6.11. The molecule has 1 aromatic heterocycles. The molecule has 1 aromatic carbocycles. The molecule has 5 nitrogen and oxygen atoms in total. The number of nitrogens with one attached hydrogen (secondary N) is 2. The minimum atomic E-state index is -0.771. The van der Waals surface area contributed by atoms with Crippen LogP contribution in [0, 0.1) is 5.82 Å². The summed E-state index contributed by atoms with van der Waals surface area (Å²) in [6.07, 6.45) is 1.37. The lowest BCUT2D eigenvalue weighted by atomic mass is 10.2. The third kappa shape index (κ3) is 4.16. The van der Waals surface area contributed by atoms with E-state index in [9.17, 15) is 14.0 Å². The number of benzene rings is 1. The van der Waals surface area contributed by atoms with E-state index in [1.165, 1.54) is 24.4 Å². The predicted octanol–water partition coefficient (Wildman–Crippen LogP) is 2.90. The zero-order valence-electron chi connectivity index (χ0n) is 11.1. The summed E-state index contributed by atoms with van der Waals surface area (Å²) < 4.78 is 13.5. The third-order valence-electron chi connectivity index (χ3n) is 2.61. The van der Waals surface area contributed by atoms with Crippen LogP contribution in [-0.4, -0.2) is 23.3 Å². The maximum atomic E-state index is 13.5. The number of carbonyl (C=O) groups is 2. The number of carbonyl (C=O) groups excluding carboxylic acids is 2. The molecule has 0 unspecified atom stereocenters. The molecule has 0 bridgehead atoms. The quantitative estimate of drug-likeness (QED) is 0.840. The van der Waals surface area contributed by atoms with Gasteiger partial charge in [-0.15, -0.1) is 0 Å². The highest BCUT2D eigenvalue weighted by Gasteiger charge is 2.16. The smallest absolute Gasteiger partial charge is 0.256 e. The monoisotopic (exact) mass is 341 g/mol. The maximum Gasteiger partial charge on any atom is 0.256 e. The van der Waals surface area contributed by atoms with Crippen molar-refractivity contribution in [1.82, 2.24) is 10.3 Å². The number of rotatable bonds is 4. The average Bonchev–Trinajstić information content (AvgIpc) is 2.47. The molecule has 1 heterocycles. The lowest BCUT2D eigenvalue weighted by Gasteiger charge is -2.08. The average molecular weight is 342 g/mol. The Bertz CT molecular complexity index is 687. The highest BCUT2D eigenvalue weighted by atomic mass is 35.5. The molecule has 114 valence electrons. The number of nitrogens with zero attached hydrogens (tertiary/aromatic N) is 1. The van der Waals surface area contributed by atoms with Gasteiger partial charge in [-0.05, 0) is 24.3 Å². The van der Waals surface area contributed by atoms with Crippen molar-refractivity contribution in [2.24, 2.45) is 0 Å². The van der Waals surface area contributed by atoms with Crippen LogP contribution in [0.4, 0.5) is 10.1 Å². The fourth-order valence-corrected chi connectivity index (χ4v) is 1.98. The Morgan fingerprint density at radius 3 is 2.59 bits per heavy atom. The van der Waals surface area contributed by atoms with Gasteiger partial charge in [-0.2, -0.15) is 0 Å². The van der Waals surface area contributed by atoms with Crippen LogP contribution < -0.4 is 10.6 Å². The summed E-state index contributed by atoms with van der Waals surface area (Å²) in [6.45, 7) is -0.341. The second-order valence-electron chi connectivity index (χ2n) is 4.20. The summed E-state index contributed by atoms with van der Waals surface area (Å²) in [5.41, 5.74) is 0.123. The van der Waals surface area contributed by atoms with Crippen LogP contribution in [-0.2, 0) is 4.79 Å². The van der Waals surface area contributed by atoms with Gasteiger partial charge in [0.25, 0.3) is 5.91 Å². The summed E-state index contributed by atoms with van der Waals surface area (Å²) in [4.78, 5) is 27.3. The van der Waals surface area contributed by atoms with Crippen LogP contribution in [0.3, 0.4) is 0 Å². The normalized spacial score (nSPS) is 10.1. The molecule has 0 saturated carbocycles. The van der Waals surface area contributed by atoms with Gasteiger partial charge in [-0.1, -0.05) is 29.3 Å². The molecule has 0 atom stereocenters. The molecule has 0 saturated heterocycles. The SMILES string of the molecule is O=C(CNC(=O)c1c(F)cccc1Cl)Nc1ccc(Cl)nc1. The summed E-state index contributed by atoms with van der Waals surface area (Å²) in [5.74, 6) is -2.02. The van der Waals surface area contributed by atoms with E-state index < -0.39 is 17.6 Å². The van der Waals surface area contributed by atoms with Crippen LogP contribution in [0.1, 0.15) is 10.4 Å². The van der Waals surface area contributed by atoms with Crippen LogP contribution in [0.25, 0.3) is 0 Å². The van der Waals surface area contributed by atoms with E-state index in [2.05, 4.69) is 15.6 Å². The van der Waals surface area contributed by atoms with E-state index in [4.69, 9.17) is 23.2 Å². The molecule has 0 aliphatic heterocycles. The first-order valence-corrected chi connectivity index (χ1v) is 6.86. The van der Waals surface area contributed by atoms with Gasteiger partial charge in [0.15, 0.2) is 0 Å². The number of halogens is 3. The maximum absolute atomic E-state index is 13.5. The minimum absolute atomic E-state index is 0.0280. The lowest BCUT2D eigenvalue weighted by Crippen LogP contribution is -2.33. The second-order valence-corrected chi connectivity index (χ2v) is 4.99. The van der Waals surface area contributed by atoms with Gasteiger partial charge in [-0.25, -0.2) is 9.37 Å². The molecule has 2 aromatic rings. The molecule has 8 heteroatoms. The number of amides is 2. The van der Waals surface area contributed by atoms with Gasteiger partial charge < -0.3 is 10.6 Å². The highest BCUT2D eigenvalue weighted by molar-refractivity contribution is 6.33. The Balaban J connectivity index is 1.93. The number of pyridine rings is 1. The molecule has 0 spiro atoms. The van der Waals surface area contributed by atoms with E-state index in [1.54, 1.807) is 6.07 Å². The fourth-order valence-electron chi connectivity index (χ4n) is 1.62. The summed E-state index contributed by atoms with van der Waals surface area (Å²) >= 11 is 11.4. The molecule has 2 rings (SSSR count). The lowest BCUT2D eigenvalue weighted by molar-refractivity contribution is -0.115. The van der Waals surface area contributed by atoms with Crippen molar-refractivity contribution < 1.29 is 14.0 Å². The van der Waals surface area contributed by atoms with E-state index >= 15 is 0 Å². The Kier molecular flexibility index (Phi) is 5.30. The van der Waals surface area contributed by atoms with Gasteiger partial charge >= 0.3 is 0 Å². The van der Waals surface area contributed by atoms with Crippen LogP contribution in [0.5, 0.6) is 0 Å². The number of hydrogen-bond acceptors (Lipinski definition) is 3. The van der Waals surface area contributed by atoms with Crippen molar-refractivity contribution in [3.8, 4) is 0 Å². The van der Waals surface area contributed by atoms with Crippen molar-refractivity contribution in [2.75, 3.05) is 11.9 Å². The topological polar surface area (TPSA) is 71.1 Å². The Hall–Kier alpha value is -2.18. The van der Waals surface area contributed by atoms with Crippen molar-refractivity contribution in [1.29, 1.82) is 0 Å². The van der Waals surface area contributed by atoms with Crippen LogP contribution in [0.15, 0.2) is 36.5 Å². The van der Waals surface area contributed by atoms with Crippen molar-refractivity contribution >= 4 is 40.7 Å². The highest BCUT2D eigenvalue weighted by Crippen LogP contribution is 2.18. The van der Waals surface area contributed by atoms with Crippen LogP contribution in [0.2, 0.25) is 10.2 Å². The molecule has 0 aliphatic rings. The second kappa shape index (κ2) is 7.20. The van der Waals surface area contributed by atoms with E-state index in [0.717, 1.165) is 6.07 Å². The molecule has 0 fully saturated rings. The van der Waals surface area contributed by atoms with E-state index in [0.29, 0.717) is 10.8 Å². The zero-order chi connectivity index (χ0) is 16.1. The first kappa shape index (κ1) is 16.2. The standard InChI is InChI=1S/C14H10Cl2FN3O2/c15-9-2-1-3-10(17)13(9)14(22)19-7-12(21)20-8-4-5-11(16)18-6-8/h1-6H,7H2,(H,19,22)(H,20,21). The molecular formula is C14H10Cl2FN3O2. The number of aromatic nitrogens is 1. The van der Waals surface area contributed by atoms with Crippen molar-refractivity contribution in [2.45, 2.75) is 0 Å². The van der Waals surface area contributed by atoms with Crippen LogP contribution >= 0.6 is 23.2 Å². The summed E-state index contributed by atoms with van der Waals surface area (Å²) in [7, 11) is 0. The first-order chi connectivity index (χ1) is 10.5. The van der Waals surface area contributed by atoms with Crippen molar-refractivity contribution in [3.05, 3.63) is 58.1 Å². The van der Waals surface area contributed by atoms with E-state index in [1.807, 2.05) is 0 Å². The molecule has 22 heavy (non-hydrogen) atoms. The molecule has 2 amide bonds. The van der Waals surface area contributed by atoms with Gasteiger partial charge in [0.1, 0.15) is 11.0 Å².